The van der Waals surface area contributed by atoms with E-state index in [1.165, 1.54) is 12.8 Å². The molecule has 1 unspecified atom stereocenters. The van der Waals surface area contributed by atoms with Crippen LogP contribution in [0, 0.1) is 6.92 Å². The summed E-state index contributed by atoms with van der Waals surface area (Å²) < 4.78 is 2.04. The lowest BCUT2D eigenvalue weighted by molar-refractivity contribution is 0.225. The molecule has 5 rings (SSSR count). The molecule has 2 aromatic heterocycles. The molecule has 0 radical (unpaired) electrons. The summed E-state index contributed by atoms with van der Waals surface area (Å²) in [7, 11) is 0. The standard InChI is InChI=1S/C23H27N5O/c1-16-20(25-13-12-24-16)15-27-14-6-11-21(27)22-26-19-10-5-4-9-18(19)23(29)28(22)17-7-2-3-8-17/h4-5,9-10,12-13,17,21H,2-3,6-8,11,14-15H2,1H3. The van der Waals surface area contributed by atoms with Gasteiger partial charge < -0.3 is 0 Å². The number of nitrogens with zero attached hydrogens (tertiary/aromatic N) is 5. The zero-order chi connectivity index (χ0) is 19.8. The number of hydrogen-bond acceptors (Lipinski definition) is 5. The Morgan fingerprint density at radius 3 is 2.66 bits per heavy atom. The SMILES string of the molecule is Cc1nccnc1CN1CCCC1c1nc2ccccc2c(=O)n1C1CCCC1. The van der Waals surface area contributed by atoms with E-state index in [1.54, 1.807) is 12.4 Å². The van der Waals surface area contributed by atoms with E-state index >= 15 is 0 Å². The van der Waals surface area contributed by atoms with Gasteiger partial charge in [-0.2, -0.15) is 0 Å². The van der Waals surface area contributed by atoms with Crippen molar-refractivity contribution >= 4 is 10.9 Å². The van der Waals surface area contributed by atoms with Crippen LogP contribution in [-0.4, -0.2) is 31.0 Å². The average Bonchev–Trinajstić information content (AvgIpc) is 3.42. The molecule has 1 atom stereocenters. The monoisotopic (exact) mass is 389 g/mol. The minimum Gasteiger partial charge on any atom is -0.292 e. The second-order valence-corrected chi connectivity index (χ2v) is 8.32. The van der Waals surface area contributed by atoms with Gasteiger partial charge in [0.05, 0.1) is 28.3 Å². The van der Waals surface area contributed by atoms with Gasteiger partial charge in [-0.1, -0.05) is 25.0 Å². The minimum atomic E-state index is 0.125. The Kier molecular flexibility index (Phi) is 4.87. The Morgan fingerprint density at radius 1 is 1.03 bits per heavy atom. The van der Waals surface area contributed by atoms with Crippen molar-refractivity contribution in [1.29, 1.82) is 0 Å². The summed E-state index contributed by atoms with van der Waals surface area (Å²) in [6.07, 6.45) is 10.2. The fourth-order valence-corrected chi connectivity index (χ4v) is 5.01. The predicted molar refractivity (Wildman–Crippen MR) is 113 cm³/mol. The van der Waals surface area contributed by atoms with Crippen LogP contribution >= 0.6 is 0 Å². The molecule has 6 heteroatoms. The molecule has 0 bridgehead atoms. The third kappa shape index (κ3) is 3.35. The fraction of sp³-hybridized carbons (Fsp3) is 0.478. The molecule has 3 aromatic rings. The van der Waals surface area contributed by atoms with Crippen LogP contribution in [0.2, 0.25) is 0 Å². The number of aryl methyl sites for hydroxylation is 1. The fourth-order valence-electron chi connectivity index (χ4n) is 5.01. The van der Waals surface area contributed by atoms with E-state index in [0.29, 0.717) is 0 Å². The van der Waals surface area contributed by atoms with Crippen molar-refractivity contribution in [3.05, 3.63) is 64.2 Å². The highest BCUT2D eigenvalue weighted by Gasteiger charge is 2.33. The molecule has 1 aromatic carbocycles. The molecule has 150 valence electrons. The lowest BCUT2D eigenvalue weighted by Crippen LogP contribution is -2.34. The molecule has 6 nitrogen and oxygen atoms in total. The third-order valence-corrected chi connectivity index (χ3v) is 6.52. The average molecular weight is 390 g/mol. The highest BCUT2D eigenvalue weighted by atomic mass is 16.1. The summed E-state index contributed by atoms with van der Waals surface area (Å²) in [5.74, 6) is 0.944. The number of likely N-dealkylation sites (tertiary alicyclic amines) is 1. The van der Waals surface area contributed by atoms with Gasteiger partial charge in [-0.3, -0.25) is 24.2 Å². The summed E-state index contributed by atoms with van der Waals surface area (Å²) in [6.45, 7) is 3.75. The molecule has 2 aliphatic rings. The second kappa shape index (κ2) is 7.67. The van der Waals surface area contributed by atoms with Gasteiger partial charge in [0.1, 0.15) is 5.82 Å². The van der Waals surface area contributed by atoms with E-state index in [2.05, 4.69) is 14.9 Å². The molecule has 1 saturated carbocycles. The first-order valence-electron chi connectivity index (χ1n) is 10.7. The van der Waals surface area contributed by atoms with Gasteiger partial charge in [0.25, 0.3) is 5.56 Å². The van der Waals surface area contributed by atoms with E-state index in [1.807, 2.05) is 35.8 Å². The van der Waals surface area contributed by atoms with Crippen molar-refractivity contribution in [2.45, 2.75) is 64.1 Å². The molecule has 1 aliphatic heterocycles. The zero-order valence-corrected chi connectivity index (χ0v) is 16.9. The number of rotatable bonds is 4. The van der Waals surface area contributed by atoms with Crippen LogP contribution < -0.4 is 5.56 Å². The minimum absolute atomic E-state index is 0.125. The molecule has 0 N–H and O–H groups in total. The van der Waals surface area contributed by atoms with Gasteiger partial charge in [0.15, 0.2) is 0 Å². The van der Waals surface area contributed by atoms with Crippen molar-refractivity contribution in [1.82, 2.24) is 24.4 Å². The Balaban J connectivity index is 1.60. The largest absolute Gasteiger partial charge is 0.292 e. The van der Waals surface area contributed by atoms with Crippen LogP contribution in [0.25, 0.3) is 10.9 Å². The molecule has 1 aliphatic carbocycles. The van der Waals surface area contributed by atoms with Crippen molar-refractivity contribution in [3.8, 4) is 0 Å². The molecule has 1 saturated heterocycles. The maximum absolute atomic E-state index is 13.5. The molecule has 0 amide bonds. The summed E-state index contributed by atoms with van der Waals surface area (Å²) >= 11 is 0. The quantitative estimate of drug-likeness (QED) is 0.676. The van der Waals surface area contributed by atoms with E-state index in [-0.39, 0.29) is 17.6 Å². The van der Waals surface area contributed by atoms with Crippen molar-refractivity contribution < 1.29 is 0 Å². The van der Waals surface area contributed by atoms with E-state index in [4.69, 9.17) is 4.98 Å². The van der Waals surface area contributed by atoms with Crippen molar-refractivity contribution in [2.75, 3.05) is 6.54 Å². The lowest BCUT2D eigenvalue weighted by atomic mass is 10.1. The van der Waals surface area contributed by atoms with Crippen LogP contribution in [-0.2, 0) is 6.54 Å². The normalized spacial score (nSPS) is 20.7. The number of benzene rings is 1. The van der Waals surface area contributed by atoms with Crippen LogP contribution in [0.15, 0.2) is 41.5 Å². The van der Waals surface area contributed by atoms with E-state index in [0.717, 1.165) is 66.9 Å². The van der Waals surface area contributed by atoms with Crippen LogP contribution in [0.3, 0.4) is 0 Å². The lowest BCUT2D eigenvalue weighted by Gasteiger charge is -2.28. The first kappa shape index (κ1) is 18.4. The van der Waals surface area contributed by atoms with Gasteiger partial charge in [-0.05, 0) is 51.3 Å². The number of fused-ring (bicyclic) bond motifs is 1. The Labute approximate surface area is 170 Å². The van der Waals surface area contributed by atoms with E-state index < -0.39 is 0 Å². The maximum Gasteiger partial charge on any atom is 0.261 e. The summed E-state index contributed by atoms with van der Waals surface area (Å²) in [5.41, 5.74) is 2.91. The summed E-state index contributed by atoms with van der Waals surface area (Å²) in [4.78, 5) is 29.9. The first-order valence-corrected chi connectivity index (χ1v) is 10.7. The summed E-state index contributed by atoms with van der Waals surface area (Å²) in [6, 6.07) is 8.20. The van der Waals surface area contributed by atoms with Gasteiger partial charge in [-0.15, -0.1) is 0 Å². The first-order chi connectivity index (χ1) is 14.2. The Morgan fingerprint density at radius 2 is 1.83 bits per heavy atom. The molecule has 0 spiro atoms. The van der Waals surface area contributed by atoms with Crippen molar-refractivity contribution in [2.24, 2.45) is 0 Å². The molecular formula is C23H27N5O. The van der Waals surface area contributed by atoms with Crippen LogP contribution in [0.4, 0.5) is 0 Å². The topological polar surface area (TPSA) is 63.9 Å². The van der Waals surface area contributed by atoms with E-state index in [9.17, 15) is 4.79 Å². The number of aromatic nitrogens is 4. The Hall–Kier alpha value is -2.60. The number of para-hydroxylation sites is 1. The molecule has 3 heterocycles. The molecule has 29 heavy (non-hydrogen) atoms. The zero-order valence-electron chi connectivity index (χ0n) is 16.9. The third-order valence-electron chi connectivity index (χ3n) is 6.52. The number of hydrogen-bond donors (Lipinski definition) is 0. The highest BCUT2D eigenvalue weighted by molar-refractivity contribution is 5.77. The van der Waals surface area contributed by atoms with Gasteiger partial charge in [0, 0.05) is 25.0 Å². The predicted octanol–water partition coefficient (Wildman–Crippen LogP) is 3.95. The van der Waals surface area contributed by atoms with Gasteiger partial charge >= 0.3 is 0 Å². The van der Waals surface area contributed by atoms with Crippen molar-refractivity contribution in [3.63, 3.8) is 0 Å². The van der Waals surface area contributed by atoms with Crippen LogP contribution in [0.5, 0.6) is 0 Å². The van der Waals surface area contributed by atoms with Gasteiger partial charge in [0.2, 0.25) is 0 Å². The molecule has 2 fully saturated rings. The maximum atomic E-state index is 13.5. The molecular weight excluding hydrogens is 362 g/mol. The van der Waals surface area contributed by atoms with Crippen LogP contribution in [0.1, 0.15) is 67.8 Å². The highest BCUT2D eigenvalue weighted by Crippen LogP contribution is 2.36. The Bertz CT molecular complexity index is 1090. The second-order valence-electron chi connectivity index (χ2n) is 8.32. The van der Waals surface area contributed by atoms with Gasteiger partial charge in [-0.25, -0.2) is 4.98 Å². The summed E-state index contributed by atoms with van der Waals surface area (Å²) in [5, 5.41) is 0.734. The smallest absolute Gasteiger partial charge is 0.261 e.